The summed E-state index contributed by atoms with van der Waals surface area (Å²) in [6.07, 6.45) is 5.71. The Labute approximate surface area is 585 Å². The van der Waals surface area contributed by atoms with Gasteiger partial charge in [-0.05, 0) is 99.2 Å². The summed E-state index contributed by atoms with van der Waals surface area (Å²) in [6, 6.07) is 8.39. The van der Waals surface area contributed by atoms with Crippen LogP contribution in [0, 0.1) is 10.8 Å². The maximum Gasteiger partial charge on any atom is 0.326 e. The van der Waals surface area contributed by atoms with Crippen LogP contribution in [0.1, 0.15) is 85.9 Å². The summed E-state index contributed by atoms with van der Waals surface area (Å²) in [5.41, 5.74) is 26.1. The van der Waals surface area contributed by atoms with Gasteiger partial charge in [0, 0.05) is 86.1 Å². The number of para-hydroxylation sites is 1. The number of H-pyrrole nitrogens is 3. The Balaban J connectivity index is 1.25. The van der Waals surface area contributed by atoms with E-state index in [1.54, 1.807) is 60.8 Å². The monoisotopic (exact) mass is 1410 g/mol. The molecule has 3 heterocycles. The van der Waals surface area contributed by atoms with Crippen molar-refractivity contribution in [3.05, 3.63) is 138 Å². The van der Waals surface area contributed by atoms with Crippen molar-refractivity contribution in [3.8, 4) is 5.75 Å². The van der Waals surface area contributed by atoms with Crippen LogP contribution in [0.15, 0.2) is 110 Å². The molecule has 9 amide bonds. The number of amides is 9. The molecule has 6 rings (SSSR count). The smallest absolute Gasteiger partial charge is 0.326 e. The topological polar surface area (TPSA) is 606 Å². The van der Waals surface area contributed by atoms with Crippen molar-refractivity contribution >= 4 is 87.9 Å². The summed E-state index contributed by atoms with van der Waals surface area (Å²) in [5, 5.41) is 73.8. The van der Waals surface area contributed by atoms with Crippen molar-refractivity contribution in [1.82, 2.24) is 83.4 Å². The summed E-state index contributed by atoms with van der Waals surface area (Å²) >= 11 is 0. The second-order valence-corrected chi connectivity index (χ2v) is 24.1. The summed E-state index contributed by atoms with van der Waals surface area (Å²) in [6.45, 7) is -0.451. The third kappa shape index (κ3) is 27.1. The van der Waals surface area contributed by atoms with Crippen molar-refractivity contribution in [2.45, 2.75) is 144 Å². The number of aromatic amines is 3. The minimum absolute atomic E-state index is 0.0281. The van der Waals surface area contributed by atoms with Crippen molar-refractivity contribution in [2.75, 3.05) is 26.2 Å². The lowest BCUT2D eigenvalue weighted by atomic mass is 10.0. The Hall–Kier alpha value is -12.0. The molecule has 0 saturated carbocycles. The number of nitrogens with zero attached hydrogens (tertiary/aromatic N) is 2. The molecule has 36 heteroatoms. The van der Waals surface area contributed by atoms with Gasteiger partial charge in [-0.15, -0.1) is 0 Å². The molecule has 0 saturated heterocycles. The number of nitrogens with two attached hydrogens (primary N) is 4. The lowest BCUT2D eigenvalue weighted by Crippen LogP contribution is -2.60. The number of phenols is 1. The maximum atomic E-state index is 15.2. The van der Waals surface area contributed by atoms with Crippen LogP contribution >= 0.6 is 0 Å². The maximum absolute atomic E-state index is 15.2. The molecule has 0 unspecified atom stereocenters. The molecule has 0 bridgehead atoms. The van der Waals surface area contributed by atoms with Crippen LogP contribution in [0.4, 0.5) is 0 Å². The Morgan fingerprint density at radius 2 is 0.931 bits per heavy atom. The molecule has 548 valence electrons. The van der Waals surface area contributed by atoms with Crippen molar-refractivity contribution in [3.63, 3.8) is 0 Å². The highest BCUT2D eigenvalue weighted by Gasteiger charge is 2.36. The Bertz CT molecular complexity index is 3780. The number of phenolic OH excluding ortho intramolecular Hbond substituents is 1. The van der Waals surface area contributed by atoms with Gasteiger partial charge in [-0.1, -0.05) is 60.7 Å². The first-order valence-corrected chi connectivity index (χ1v) is 32.9. The molecule has 0 aliphatic heterocycles. The van der Waals surface area contributed by atoms with Crippen molar-refractivity contribution in [1.29, 1.82) is 10.8 Å². The standard InChI is InChI=1S/C66H90N22O14/c67-23-7-6-14-47(83-59(96)48(16-9-25-76-66(71)72)84-61(98)49(21-22-55(91)92)82-56(93)44(68)26-38-17-19-42(89)20-18-38)60(97)85-50(27-37-10-2-1-3-11-37)62(99)86-51(28-39-31-77-45-13-5-4-12-43(39)45)63(100)87-52(29-40-32-73-35-79-40)57(94)78-34-54(90)81-46(15-8-24-75-65(69)70)58(95)88-53(64(101)102)30-41-33-74-36-80-41/h1-5,10-13,17-20,31-33,35-36,44,46-53,77,89H,6-9,14-16,21-30,34,67-68H2,(H,73,79)(H,74,80)(H,78,94)(H,81,90)(H,82,93)(H,83,96)(H,84,98)(H,85,97)(H,86,99)(H,87,100)(H,88,95)(H,91,92)(H,101,102)(H4,69,70,75)(H4,71,72,76)/t44-,46-,47-,48-,49-,50-,51-,52-,53-/m0/s1. The van der Waals surface area contributed by atoms with Gasteiger partial charge in [-0.3, -0.25) is 58.8 Å². The van der Waals surface area contributed by atoms with E-state index in [9.17, 15) is 58.5 Å². The molecule has 0 aliphatic rings. The van der Waals surface area contributed by atoms with E-state index >= 15 is 9.59 Å². The van der Waals surface area contributed by atoms with Crippen LogP contribution in [-0.2, 0) is 84.8 Å². The number of benzene rings is 3. The molecule has 0 aliphatic carbocycles. The van der Waals surface area contributed by atoms with Crippen LogP contribution < -0.4 is 81.4 Å². The molecule has 9 atom stereocenters. The van der Waals surface area contributed by atoms with E-state index in [0.717, 1.165) is 0 Å². The number of carbonyl (C=O) groups excluding carboxylic acids is 9. The van der Waals surface area contributed by atoms with E-state index in [0.29, 0.717) is 45.4 Å². The predicted molar refractivity (Wildman–Crippen MR) is 371 cm³/mol. The molecule has 0 spiro atoms. The average molecular weight is 1420 g/mol. The number of hydrogen-bond acceptors (Lipinski definition) is 18. The van der Waals surface area contributed by atoms with Crippen LogP contribution in [0.3, 0.4) is 0 Å². The third-order valence-corrected chi connectivity index (χ3v) is 16.1. The van der Waals surface area contributed by atoms with Gasteiger partial charge in [0.25, 0.3) is 0 Å². The number of aromatic nitrogens is 5. The second-order valence-electron chi connectivity index (χ2n) is 24.1. The first-order valence-electron chi connectivity index (χ1n) is 32.9. The number of unbranched alkanes of at least 4 members (excludes halogenated alkanes) is 1. The number of carboxylic acids is 2. The van der Waals surface area contributed by atoms with Gasteiger partial charge >= 0.3 is 11.9 Å². The zero-order valence-corrected chi connectivity index (χ0v) is 55.9. The van der Waals surface area contributed by atoms with Crippen LogP contribution in [0.25, 0.3) is 10.9 Å². The number of carbonyl (C=O) groups is 11. The number of rotatable bonds is 44. The normalized spacial score (nSPS) is 13.7. The van der Waals surface area contributed by atoms with E-state index in [-0.39, 0.29) is 102 Å². The number of aliphatic carboxylic acids is 2. The molecule has 27 N–H and O–H groups in total. The number of carboxylic acid groups (broad SMARTS) is 2. The Morgan fingerprint density at radius 1 is 0.471 bits per heavy atom. The van der Waals surface area contributed by atoms with Gasteiger partial charge in [0.2, 0.25) is 53.2 Å². The highest BCUT2D eigenvalue weighted by molar-refractivity contribution is 5.99. The fourth-order valence-electron chi connectivity index (χ4n) is 10.8. The zero-order valence-electron chi connectivity index (χ0n) is 55.9. The molecule has 0 fully saturated rings. The van der Waals surface area contributed by atoms with E-state index in [4.69, 9.17) is 33.8 Å². The lowest BCUT2D eigenvalue weighted by molar-refractivity contribution is -0.142. The number of fused-ring (bicyclic) bond motifs is 1. The molecule has 3 aromatic heterocycles. The van der Waals surface area contributed by atoms with Crippen molar-refractivity contribution in [2.24, 2.45) is 22.9 Å². The van der Waals surface area contributed by atoms with Crippen molar-refractivity contribution < 1.29 is 68.1 Å². The third-order valence-electron chi connectivity index (χ3n) is 16.1. The first kappa shape index (κ1) is 79.0. The highest BCUT2D eigenvalue weighted by atomic mass is 16.4. The van der Waals surface area contributed by atoms with Gasteiger partial charge < -0.3 is 112 Å². The molecular formula is C66H90N22O14. The minimum atomic E-state index is -1.55. The zero-order chi connectivity index (χ0) is 74.1. The Morgan fingerprint density at radius 3 is 1.46 bits per heavy atom. The highest BCUT2D eigenvalue weighted by Crippen LogP contribution is 2.20. The van der Waals surface area contributed by atoms with Gasteiger partial charge in [0.15, 0.2) is 11.9 Å². The quantitative estimate of drug-likeness (QED) is 0.0102. The fourth-order valence-corrected chi connectivity index (χ4v) is 10.8. The molecular weight excluding hydrogens is 1320 g/mol. The van der Waals surface area contributed by atoms with Gasteiger partial charge in [0.05, 0.1) is 25.2 Å². The molecule has 0 radical (unpaired) electrons. The molecule has 102 heavy (non-hydrogen) atoms. The minimum Gasteiger partial charge on any atom is -0.508 e. The molecule has 36 nitrogen and oxygen atoms in total. The van der Waals surface area contributed by atoms with Gasteiger partial charge in [-0.2, -0.15) is 0 Å². The summed E-state index contributed by atoms with van der Waals surface area (Å²) in [5.74, 6) is -11.6. The molecule has 6 aromatic rings. The Kier molecular flexibility index (Phi) is 31.6. The van der Waals surface area contributed by atoms with Crippen LogP contribution in [0.5, 0.6) is 5.75 Å². The summed E-state index contributed by atoms with van der Waals surface area (Å²) in [4.78, 5) is 170. The van der Waals surface area contributed by atoms with E-state index in [1.807, 2.05) is 0 Å². The number of nitrogens with one attached hydrogen (secondary N) is 16. The number of guanidine groups is 2. The largest absolute Gasteiger partial charge is 0.508 e. The lowest BCUT2D eigenvalue weighted by Gasteiger charge is -2.28. The van der Waals surface area contributed by atoms with E-state index < -0.39 is 145 Å². The second kappa shape index (κ2) is 40.8. The summed E-state index contributed by atoms with van der Waals surface area (Å²) < 4.78 is 0. The average Bonchev–Trinajstić information content (AvgIpc) is 1.65. The molecule has 3 aromatic carbocycles. The fraction of sp³-hybridized carbons (Fsp3) is 0.409. The van der Waals surface area contributed by atoms with Gasteiger partial charge in [0.1, 0.15) is 54.1 Å². The van der Waals surface area contributed by atoms with Crippen LogP contribution in [0.2, 0.25) is 0 Å². The predicted octanol–water partition coefficient (Wildman–Crippen LogP) is -3.24. The van der Waals surface area contributed by atoms with E-state index in [1.165, 1.54) is 49.3 Å². The number of hydrogen-bond donors (Lipinski definition) is 23. The SMILES string of the molecule is N=C(N)NCCC[C@H](NC(=O)CNC(=O)[C@H](Cc1cnc[nH]1)NC(=O)[C@H](Cc1c[nH]c2ccccc12)NC(=O)[C@H](Cc1ccccc1)NC(=O)[C@H](CCCCN)NC(=O)[C@H](CCCNC(=N)N)NC(=O)[C@H](CCC(=O)O)NC(=O)[C@@H](N)Cc1ccc(O)cc1)C(=O)N[C@@H](Cc1cnc[nH]1)C(=O)O. The number of imidazole rings is 2. The summed E-state index contributed by atoms with van der Waals surface area (Å²) in [7, 11) is 0. The van der Waals surface area contributed by atoms with Crippen LogP contribution in [-0.4, -0.2) is 198 Å². The van der Waals surface area contributed by atoms with Gasteiger partial charge in [-0.25, -0.2) is 14.8 Å². The number of aromatic hydroxyl groups is 1. The van der Waals surface area contributed by atoms with E-state index in [2.05, 4.69) is 83.4 Å². The first-order chi connectivity index (χ1) is 48.8.